The fourth-order valence-electron chi connectivity index (χ4n) is 0.751. The molecular formula is C8H6BrClF2N2O. The Morgan fingerprint density at radius 1 is 1.60 bits per heavy atom. The lowest BCUT2D eigenvalue weighted by atomic mass is 10.4. The fraction of sp³-hybridized carbons (Fsp3) is 0.250. The van der Waals surface area contributed by atoms with Crippen molar-refractivity contribution in [2.24, 2.45) is 0 Å². The van der Waals surface area contributed by atoms with Crippen molar-refractivity contribution >= 4 is 39.1 Å². The molecule has 0 radical (unpaired) electrons. The number of anilines is 1. The van der Waals surface area contributed by atoms with E-state index in [0.717, 1.165) is 4.47 Å². The average Bonchev–Trinajstić information content (AvgIpc) is 2.15. The van der Waals surface area contributed by atoms with Gasteiger partial charge in [-0.15, -0.1) is 0 Å². The Morgan fingerprint density at radius 2 is 2.27 bits per heavy atom. The highest BCUT2D eigenvalue weighted by Crippen LogP contribution is 2.19. The lowest BCUT2D eigenvalue weighted by molar-refractivity contribution is -0.131. The summed E-state index contributed by atoms with van der Waals surface area (Å²) in [6.45, 7) is -0.564. The zero-order valence-corrected chi connectivity index (χ0v) is 9.65. The van der Waals surface area contributed by atoms with Gasteiger partial charge in [-0.1, -0.05) is 0 Å². The van der Waals surface area contributed by atoms with E-state index < -0.39 is 17.7 Å². The molecule has 0 atom stereocenters. The van der Waals surface area contributed by atoms with Crippen LogP contribution >= 0.6 is 27.5 Å². The number of carbonyl (C=O) groups excluding carboxylic acids is 1. The van der Waals surface area contributed by atoms with Crippen LogP contribution in [0.3, 0.4) is 0 Å². The van der Waals surface area contributed by atoms with Crippen molar-refractivity contribution in [1.29, 1.82) is 0 Å². The Kier molecular flexibility index (Phi) is 3.98. The summed E-state index contributed by atoms with van der Waals surface area (Å²) in [6, 6.07) is 3.21. The van der Waals surface area contributed by atoms with Crippen LogP contribution in [-0.2, 0) is 4.79 Å². The van der Waals surface area contributed by atoms with Crippen LogP contribution in [0.15, 0.2) is 22.8 Å². The summed E-state index contributed by atoms with van der Waals surface area (Å²) in [5, 5.41) is -1.40. The number of nitrogens with one attached hydrogen (secondary N) is 1. The molecule has 1 rings (SSSR count). The van der Waals surface area contributed by atoms with Crippen LogP contribution in [0, 0.1) is 0 Å². The third-order valence-corrected chi connectivity index (χ3v) is 2.15. The van der Waals surface area contributed by atoms with Gasteiger partial charge in [0.1, 0.15) is 5.82 Å². The van der Waals surface area contributed by atoms with E-state index in [0.29, 0.717) is 5.82 Å². The van der Waals surface area contributed by atoms with E-state index in [4.69, 9.17) is 0 Å². The predicted molar refractivity (Wildman–Crippen MR) is 56.2 cm³/mol. The third kappa shape index (κ3) is 4.09. The minimum Gasteiger partial charge on any atom is -0.363 e. The number of hydrogen-bond donors (Lipinski definition) is 1. The van der Waals surface area contributed by atoms with E-state index in [-0.39, 0.29) is 0 Å². The number of alkyl halides is 3. The first kappa shape index (κ1) is 12.3. The molecule has 15 heavy (non-hydrogen) atoms. The molecule has 1 aromatic heterocycles. The number of pyridine rings is 1. The number of hydrogen-bond acceptors (Lipinski definition) is 3. The quantitative estimate of drug-likeness (QED) is 0.869. The standard InChI is InChI=1S/C8H6BrClF2N2O/c9-5-1-2-7(13-3-5)14-4-6(15)8(10,11)12/h1-3H,4H2,(H,13,14). The maximum Gasteiger partial charge on any atom is 0.382 e. The van der Waals surface area contributed by atoms with Gasteiger partial charge in [0.05, 0.1) is 6.54 Å². The van der Waals surface area contributed by atoms with Crippen LogP contribution in [0.5, 0.6) is 0 Å². The highest BCUT2D eigenvalue weighted by atomic mass is 79.9. The van der Waals surface area contributed by atoms with Gasteiger partial charge in [0.15, 0.2) is 0 Å². The van der Waals surface area contributed by atoms with Crippen molar-refractivity contribution in [3.8, 4) is 0 Å². The minimum atomic E-state index is -3.83. The highest BCUT2D eigenvalue weighted by Gasteiger charge is 2.34. The van der Waals surface area contributed by atoms with E-state index in [2.05, 4.69) is 37.8 Å². The number of carbonyl (C=O) groups is 1. The molecule has 82 valence electrons. The molecule has 0 fully saturated rings. The second-order valence-electron chi connectivity index (χ2n) is 2.64. The van der Waals surface area contributed by atoms with Crippen molar-refractivity contribution in [2.45, 2.75) is 5.38 Å². The number of ketones is 1. The molecule has 0 aliphatic carbocycles. The number of nitrogens with zero attached hydrogens (tertiary/aromatic N) is 1. The Labute approximate surface area is 98.0 Å². The topological polar surface area (TPSA) is 42.0 Å². The van der Waals surface area contributed by atoms with Gasteiger partial charge in [-0.25, -0.2) is 4.98 Å². The summed E-state index contributed by atoms with van der Waals surface area (Å²) in [6.07, 6.45) is 1.48. The second kappa shape index (κ2) is 4.85. The molecular weight excluding hydrogens is 293 g/mol. The van der Waals surface area contributed by atoms with Gasteiger partial charge in [0.2, 0.25) is 5.78 Å². The van der Waals surface area contributed by atoms with E-state index in [1.165, 1.54) is 6.20 Å². The maximum absolute atomic E-state index is 12.2. The molecule has 0 aliphatic rings. The Hall–Kier alpha value is -0.750. The summed E-state index contributed by atoms with van der Waals surface area (Å²) in [5.74, 6) is -1.07. The van der Waals surface area contributed by atoms with Gasteiger partial charge >= 0.3 is 5.38 Å². The summed E-state index contributed by atoms with van der Waals surface area (Å²) in [5.41, 5.74) is 0. The molecule has 0 saturated heterocycles. The Morgan fingerprint density at radius 3 is 2.73 bits per heavy atom. The normalized spacial score (nSPS) is 11.2. The Balaban J connectivity index is 2.51. The van der Waals surface area contributed by atoms with Crippen LogP contribution in [0.25, 0.3) is 0 Å². The molecule has 1 heterocycles. The van der Waals surface area contributed by atoms with Crippen LogP contribution in [-0.4, -0.2) is 22.7 Å². The largest absolute Gasteiger partial charge is 0.382 e. The van der Waals surface area contributed by atoms with Crippen molar-refractivity contribution in [3.63, 3.8) is 0 Å². The molecule has 1 N–H and O–H groups in total. The number of aromatic nitrogens is 1. The molecule has 0 unspecified atom stereocenters. The third-order valence-electron chi connectivity index (χ3n) is 1.47. The second-order valence-corrected chi connectivity index (χ2v) is 4.03. The predicted octanol–water partition coefficient (Wildman–Crippen LogP) is 2.66. The lowest BCUT2D eigenvalue weighted by Crippen LogP contribution is -2.28. The summed E-state index contributed by atoms with van der Waals surface area (Å²) >= 11 is 7.68. The molecule has 0 aliphatic heterocycles. The molecule has 0 saturated carbocycles. The van der Waals surface area contributed by atoms with Crippen LogP contribution in [0.1, 0.15) is 0 Å². The maximum atomic E-state index is 12.2. The van der Waals surface area contributed by atoms with Gasteiger partial charge < -0.3 is 5.32 Å². The molecule has 0 spiro atoms. The average molecular weight is 300 g/mol. The van der Waals surface area contributed by atoms with Gasteiger partial charge in [0, 0.05) is 10.7 Å². The van der Waals surface area contributed by atoms with Crippen LogP contribution < -0.4 is 5.32 Å². The van der Waals surface area contributed by atoms with Gasteiger partial charge in [-0.2, -0.15) is 8.78 Å². The fourth-order valence-corrected chi connectivity index (χ4v) is 1.05. The molecule has 0 amide bonds. The van der Waals surface area contributed by atoms with E-state index in [9.17, 15) is 13.6 Å². The zero-order chi connectivity index (χ0) is 11.5. The molecule has 7 heteroatoms. The first-order valence-electron chi connectivity index (χ1n) is 3.85. The monoisotopic (exact) mass is 298 g/mol. The number of rotatable bonds is 4. The highest BCUT2D eigenvalue weighted by molar-refractivity contribution is 9.10. The van der Waals surface area contributed by atoms with E-state index >= 15 is 0 Å². The number of Topliss-reactive ketones (excluding diaryl/α,β-unsaturated/α-hetero) is 1. The summed E-state index contributed by atoms with van der Waals surface area (Å²) in [4.78, 5) is 14.6. The molecule has 1 aromatic rings. The van der Waals surface area contributed by atoms with Crippen LogP contribution in [0.4, 0.5) is 14.6 Å². The van der Waals surface area contributed by atoms with Gasteiger partial charge in [-0.3, -0.25) is 4.79 Å². The Bertz CT molecular complexity index is 353. The van der Waals surface area contributed by atoms with Gasteiger partial charge in [0.25, 0.3) is 0 Å². The first-order valence-corrected chi connectivity index (χ1v) is 5.02. The summed E-state index contributed by atoms with van der Waals surface area (Å²) in [7, 11) is 0. The smallest absolute Gasteiger partial charge is 0.363 e. The molecule has 0 bridgehead atoms. The van der Waals surface area contributed by atoms with Crippen molar-refractivity contribution < 1.29 is 13.6 Å². The van der Waals surface area contributed by atoms with Crippen LogP contribution in [0.2, 0.25) is 0 Å². The SMILES string of the molecule is O=C(CNc1ccc(Br)cn1)C(F)(F)Cl. The molecule has 0 aromatic carbocycles. The van der Waals surface area contributed by atoms with Crippen molar-refractivity contribution in [3.05, 3.63) is 22.8 Å². The lowest BCUT2D eigenvalue weighted by Gasteiger charge is -2.07. The van der Waals surface area contributed by atoms with Crippen molar-refractivity contribution in [2.75, 3.05) is 11.9 Å². The number of halogens is 4. The van der Waals surface area contributed by atoms with E-state index in [1.54, 1.807) is 12.1 Å². The summed E-state index contributed by atoms with van der Waals surface area (Å²) < 4.78 is 25.2. The first-order chi connectivity index (χ1) is 6.89. The molecule has 3 nitrogen and oxygen atoms in total. The van der Waals surface area contributed by atoms with Gasteiger partial charge in [-0.05, 0) is 39.7 Å². The van der Waals surface area contributed by atoms with Crippen molar-refractivity contribution in [1.82, 2.24) is 4.98 Å². The minimum absolute atomic E-state index is 0.326. The van der Waals surface area contributed by atoms with E-state index in [1.807, 2.05) is 0 Å². The zero-order valence-electron chi connectivity index (χ0n) is 7.31.